The Labute approximate surface area is 186 Å². The molecule has 6 nitrogen and oxygen atoms in total. The van der Waals surface area contributed by atoms with Gasteiger partial charge in [-0.2, -0.15) is 0 Å². The average Bonchev–Trinajstić information content (AvgIpc) is 3.40. The van der Waals surface area contributed by atoms with Gasteiger partial charge in [0.1, 0.15) is 15.7 Å². The third-order valence-corrected chi connectivity index (χ3v) is 6.46. The first-order chi connectivity index (χ1) is 15.0. The van der Waals surface area contributed by atoms with Gasteiger partial charge in [0.2, 0.25) is 0 Å². The van der Waals surface area contributed by atoms with Crippen LogP contribution in [0.3, 0.4) is 0 Å². The van der Waals surface area contributed by atoms with Gasteiger partial charge in [0.25, 0.3) is 5.91 Å². The summed E-state index contributed by atoms with van der Waals surface area (Å²) in [6.45, 7) is 1.79. The Kier molecular flexibility index (Phi) is 5.97. The van der Waals surface area contributed by atoms with Crippen LogP contribution in [0.1, 0.15) is 15.4 Å². The topological polar surface area (TPSA) is 73.3 Å². The summed E-state index contributed by atoms with van der Waals surface area (Å²) in [7, 11) is 3.15. The predicted molar refractivity (Wildman–Crippen MR) is 121 cm³/mol. The summed E-state index contributed by atoms with van der Waals surface area (Å²) in [5.74, 6) is 0.633. The first-order valence-corrected chi connectivity index (χ1v) is 10.9. The van der Waals surface area contributed by atoms with Crippen LogP contribution < -0.4 is 14.8 Å². The fourth-order valence-electron chi connectivity index (χ4n) is 2.94. The lowest BCUT2D eigenvalue weighted by Crippen LogP contribution is -2.11. The third kappa shape index (κ3) is 4.42. The van der Waals surface area contributed by atoms with Crippen molar-refractivity contribution in [2.24, 2.45) is 0 Å². The van der Waals surface area contributed by atoms with Gasteiger partial charge in [-0.1, -0.05) is 0 Å². The van der Waals surface area contributed by atoms with Gasteiger partial charge in [0.15, 0.2) is 16.6 Å². The summed E-state index contributed by atoms with van der Waals surface area (Å²) in [5, 5.41) is 5.81. The Morgan fingerprint density at radius 1 is 1.00 bits per heavy atom. The van der Waals surface area contributed by atoms with Gasteiger partial charge in [-0.15, -0.1) is 22.7 Å². The quantitative estimate of drug-likeness (QED) is 0.407. The first kappa shape index (κ1) is 21.0. The number of amides is 1. The van der Waals surface area contributed by atoms with Crippen molar-refractivity contribution in [2.45, 2.75) is 6.92 Å². The van der Waals surface area contributed by atoms with E-state index in [1.165, 1.54) is 34.8 Å². The number of nitrogens with one attached hydrogen (secondary N) is 1. The molecule has 0 saturated carbocycles. The molecule has 0 unspecified atom stereocenters. The average molecular weight is 456 g/mol. The highest BCUT2D eigenvalue weighted by atomic mass is 32.1. The zero-order valence-corrected chi connectivity index (χ0v) is 18.6. The van der Waals surface area contributed by atoms with Crippen molar-refractivity contribution in [2.75, 3.05) is 19.5 Å². The van der Waals surface area contributed by atoms with Gasteiger partial charge in [-0.25, -0.2) is 14.4 Å². The second-order valence-electron chi connectivity index (χ2n) is 6.50. The van der Waals surface area contributed by atoms with Crippen LogP contribution in [0.4, 0.5) is 9.52 Å². The molecule has 158 valence electrons. The van der Waals surface area contributed by atoms with Crippen LogP contribution in [-0.2, 0) is 0 Å². The molecule has 0 atom stereocenters. The van der Waals surface area contributed by atoms with E-state index in [0.717, 1.165) is 11.1 Å². The van der Waals surface area contributed by atoms with E-state index in [0.29, 0.717) is 37.9 Å². The maximum atomic E-state index is 13.1. The number of carbonyl (C=O) groups excluding carboxylic acids is 1. The predicted octanol–water partition coefficient (Wildman–Crippen LogP) is 5.65. The Balaban J connectivity index is 1.54. The third-order valence-electron chi connectivity index (χ3n) is 4.50. The van der Waals surface area contributed by atoms with E-state index < -0.39 is 0 Å². The lowest BCUT2D eigenvalue weighted by molar-refractivity contribution is 0.103. The van der Waals surface area contributed by atoms with Gasteiger partial charge in [0, 0.05) is 16.5 Å². The van der Waals surface area contributed by atoms with Crippen LogP contribution in [0.2, 0.25) is 0 Å². The van der Waals surface area contributed by atoms with E-state index in [9.17, 15) is 9.18 Å². The molecule has 0 aliphatic heterocycles. The van der Waals surface area contributed by atoms with Gasteiger partial charge in [0.05, 0.1) is 25.6 Å². The summed E-state index contributed by atoms with van der Waals surface area (Å²) in [5.41, 5.74) is 2.91. The highest BCUT2D eigenvalue weighted by Crippen LogP contribution is 2.35. The number of anilines is 1. The van der Waals surface area contributed by atoms with E-state index >= 15 is 0 Å². The molecule has 2 heterocycles. The summed E-state index contributed by atoms with van der Waals surface area (Å²) in [4.78, 5) is 22.3. The van der Waals surface area contributed by atoms with Crippen LogP contribution in [-0.4, -0.2) is 30.1 Å². The van der Waals surface area contributed by atoms with E-state index in [1.54, 1.807) is 39.3 Å². The SMILES string of the molecule is COc1ccc(-c2nc(C)c(C(=O)Nc3nc(-c4ccc(F)cc4)cs3)s2)cc1OC. The standard InChI is InChI=1S/C22H18FN3O3S2/c1-12-19(31-21(24-12)14-6-9-17(28-2)18(10-14)29-3)20(27)26-22-25-16(11-30-22)13-4-7-15(23)8-5-13/h4-11H,1-3H3,(H,25,26,27). The Hall–Kier alpha value is -3.30. The number of rotatable bonds is 6. The van der Waals surface area contributed by atoms with Crippen molar-refractivity contribution < 1.29 is 18.7 Å². The fraction of sp³-hybridized carbons (Fsp3) is 0.136. The molecule has 1 amide bonds. The van der Waals surface area contributed by atoms with E-state index in [2.05, 4.69) is 15.3 Å². The largest absolute Gasteiger partial charge is 0.493 e. The number of ether oxygens (including phenoxy) is 2. The van der Waals surface area contributed by atoms with Crippen LogP contribution in [0.15, 0.2) is 47.8 Å². The van der Waals surface area contributed by atoms with Crippen LogP contribution in [0.5, 0.6) is 11.5 Å². The molecule has 0 fully saturated rings. The second kappa shape index (κ2) is 8.83. The highest BCUT2D eigenvalue weighted by molar-refractivity contribution is 7.17. The Bertz CT molecular complexity index is 1240. The first-order valence-electron chi connectivity index (χ1n) is 9.21. The molecule has 0 bridgehead atoms. The molecule has 0 aliphatic rings. The Morgan fingerprint density at radius 2 is 1.71 bits per heavy atom. The number of benzene rings is 2. The maximum absolute atomic E-state index is 13.1. The lowest BCUT2D eigenvalue weighted by Gasteiger charge is -2.08. The highest BCUT2D eigenvalue weighted by Gasteiger charge is 2.19. The fourth-order valence-corrected chi connectivity index (χ4v) is 4.61. The molecular weight excluding hydrogens is 437 g/mol. The van der Waals surface area contributed by atoms with E-state index in [-0.39, 0.29) is 11.7 Å². The summed E-state index contributed by atoms with van der Waals surface area (Å²) >= 11 is 2.60. The van der Waals surface area contributed by atoms with Crippen molar-refractivity contribution in [3.8, 4) is 33.3 Å². The summed E-state index contributed by atoms with van der Waals surface area (Å²) in [6, 6.07) is 11.6. The van der Waals surface area contributed by atoms with Gasteiger partial charge < -0.3 is 9.47 Å². The molecule has 2 aromatic heterocycles. The number of carbonyl (C=O) groups is 1. The van der Waals surface area contributed by atoms with Crippen molar-refractivity contribution in [3.63, 3.8) is 0 Å². The normalized spacial score (nSPS) is 10.7. The molecule has 0 radical (unpaired) electrons. The number of hydrogen-bond acceptors (Lipinski definition) is 7. The molecule has 4 rings (SSSR count). The monoisotopic (exact) mass is 455 g/mol. The number of aromatic nitrogens is 2. The number of aryl methyl sites for hydroxylation is 1. The summed E-state index contributed by atoms with van der Waals surface area (Å²) < 4.78 is 23.7. The minimum absolute atomic E-state index is 0.276. The molecule has 0 aliphatic carbocycles. The van der Waals surface area contributed by atoms with E-state index in [1.807, 2.05) is 17.5 Å². The number of methoxy groups -OCH3 is 2. The van der Waals surface area contributed by atoms with Crippen molar-refractivity contribution in [1.29, 1.82) is 0 Å². The minimum atomic E-state index is -0.307. The lowest BCUT2D eigenvalue weighted by atomic mass is 10.2. The molecule has 0 saturated heterocycles. The zero-order chi connectivity index (χ0) is 22.0. The number of nitrogens with zero attached hydrogens (tertiary/aromatic N) is 2. The van der Waals surface area contributed by atoms with Crippen LogP contribution in [0.25, 0.3) is 21.8 Å². The van der Waals surface area contributed by atoms with Crippen LogP contribution in [0, 0.1) is 12.7 Å². The number of thiazole rings is 2. The molecule has 1 N–H and O–H groups in total. The smallest absolute Gasteiger partial charge is 0.269 e. The van der Waals surface area contributed by atoms with Gasteiger partial charge in [-0.3, -0.25) is 10.1 Å². The molecule has 31 heavy (non-hydrogen) atoms. The van der Waals surface area contributed by atoms with Crippen molar-refractivity contribution in [3.05, 3.63) is 64.2 Å². The second-order valence-corrected chi connectivity index (χ2v) is 8.36. The molecule has 9 heteroatoms. The van der Waals surface area contributed by atoms with E-state index in [4.69, 9.17) is 9.47 Å². The minimum Gasteiger partial charge on any atom is -0.493 e. The zero-order valence-electron chi connectivity index (χ0n) is 16.9. The number of halogens is 1. The van der Waals surface area contributed by atoms with Gasteiger partial charge in [-0.05, 0) is 49.4 Å². The van der Waals surface area contributed by atoms with Crippen LogP contribution >= 0.6 is 22.7 Å². The molecule has 4 aromatic rings. The molecule has 2 aromatic carbocycles. The molecular formula is C22H18FN3O3S2. The summed E-state index contributed by atoms with van der Waals surface area (Å²) in [6.07, 6.45) is 0. The molecule has 0 spiro atoms. The number of hydrogen-bond donors (Lipinski definition) is 1. The Morgan fingerprint density at radius 3 is 2.42 bits per heavy atom. The van der Waals surface area contributed by atoms with Gasteiger partial charge >= 0.3 is 0 Å². The van der Waals surface area contributed by atoms with Crippen molar-refractivity contribution >= 4 is 33.7 Å². The maximum Gasteiger partial charge on any atom is 0.269 e. The van der Waals surface area contributed by atoms with Crippen molar-refractivity contribution in [1.82, 2.24) is 9.97 Å².